The lowest BCUT2D eigenvalue weighted by molar-refractivity contribution is -0.139. The fourth-order valence-electron chi connectivity index (χ4n) is 1.72. The maximum Gasteiger partial charge on any atom is 0.256 e. The van der Waals surface area contributed by atoms with Gasteiger partial charge in [0.2, 0.25) is 0 Å². The zero-order chi connectivity index (χ0) is 14.7. The van der Waals surface area contributed by atoms with E-state index in [2.05, 4.69) is 4.98 Å². The minimum absolute atomic E-state index is 0.341. The van der Waals surface area contributed by atoms with Crippen molar-refractivity contribution in [3.63, 3.8) is 0 Å². The van der Waals surface area contributed by atoms with Crippen molar-refractivity contribution in [1.82, 2.24) is 9.88 Å². The Labute approximate surface area is 130 Å². The predicted octanol–water partition coefficient (Wildman–Crippen LogP) is 3.14. The molecular formula is C13H12Cl2N2O2S. The van der Waals surface area contributed by atoms with E-state index in [1.54, 1.807) is 18.6 Å². The quantitative estimate of drug-likeness (QED) is 0.936. The molecule has 1 aromatic carbocycles. The van der Waals surface area contributed by atoms with E-state index in [1.807, 2.05) is 5.38 Å². The van der Waals surface area contributed by atoms with E-state index in [1.165, 1.54) is 28.4 Å². The largest absolute Gasteiger partial charge is 0.378 e. The van der Waals surface area contributed by atoms with E-state index >= 15 is 0 Å². The standard InChI is InChI=1S/C13H12Cl2N2O2S/c1-17(5-11-6-20-7-16-11)13(19)12(18)8-2-9(14)4-10(15)3-8/h2-4,6-7,12,18H,5H2,1H3. The van der Waals surface area contributed by atoms with Gasteiger partial charge >= 0.3 is 0 Å². The van der Waals surface area contributed by atoms with Gasteiger partial charge in [0.25, 0.3) is 5.91 Å². The van der Waals surface area contributed by atoms with Crippen molar-refractivity contribution >= 4 is 40.4 Å². The van der Waals surface area contributed by atoms with Gasteiger partial charge in [0.15, 0.2) is 6.10 Å². The molecule has 0 saturated heterocycles. The molecule has 0 bridgehead atoms. The van der Waals surface area contributed by atoms with E-state index in [0.717, 1.165) is 5.69 Å². The van der Waals surface area contributed by atoms with Crippen molar-refractivity contribution in [1.29, 1.82) is 0 Å². The highest BCUT2D eigenvalue weighted by atomic mass is 35.5. The highest BCUT2D eigenvalue weighted by Gasteiger charge is 2.22. The van der Waals surface area contributed by atoms with Crippen LogP contribution in [0.15, 0.2) is 29.1 Å². The summed E-state index contributed by atoms with van der Waals surface area (Å²) in [7, 11) is 1.61. The summed E-state index contributed by atoms with van der Waals surface area (Å²) in [6.07, 6.45) is -1.30. The topological polar surface area (TPSA) is 53.4 Å². The number of likely N-dealkylation sites (N-methyl/N-ethyl adjacent to an activating group) is 1. The minimum atomic E-state index is -1.30. The monoisotopic (exact) mass is 330 g/mol. The molecule has 0 fully saturated rings. The lowest BCUT2D eigenvalue weighted by Gasteiger charge is -2.20. The molecule has 1 atom stereocenters. The van der Waals surface area contributed by atoms with Crippen LogP contribution < -0.4 is 0 Å². The SMILES string of the molecule is CN(Cc1cscn1)C(=O)C(O)c1cc(Cl)cc(Cl)c1. The molecule has 1 aromatic heterocycles. The minimum Gasteiger partial charge on any atom is -0.378 e. The van der Waals surface area contributed by atoms with Crippen molar-refractivity contribution in [2.75, 3.05) is 7.05 Å². The van der Waals surface area contributed by atoms with Gasteiger partial charge in [-0.15, -0.1) is 11.3 Å². The number of amides is 1. The first kappa shape index (κ1) is 15.3. The third-order valence-corrected chi connectivity index (χ3v) is 3.77. The van der Waals surface area contributed by atoms with Crippen LogP contribution in [0.1, 0.15) is 17.4 Å². The third kappa shape index (κ3) is 3.70. The Morgan fingerprint density at radius 1 is 1.40 bits per heavy atom. The number of nitrogens with zero attached hydrogens (tertiary/aromatic N) is 2. The molecule has 4 nitrogen and oxygen atoms in total. The van der Waals surface area contributed by atoms with Gasteiger partial charge in [-0.25, -0.2) is 4.98 Å². The molecule has 1 amide bonds. The Hall–Kier alpha value is -1.14. The summed E-state index contributed by atoms with van der Waals surface area (Å²) in [5.74, 6) is -0.434. The Bertz CT molecular complexity index is 584. The van der Waals surface area contributed by atoms with Gasteiger partial charge in [-0.1, -0.05) is 23.2 Å². The number of carbonyl (C=O) groups excluding carboxylic acids is 1. The van der Waals surface area contributed by atoms with E-state index in [4.69, 9.17) is 23.2 Å². The fraction of sp³-hybridized carbons (Fsp3) is 0.231. The third-order valence-electron chi connectivity index (χ3n) is 2.69. The van der Waals surface area contributed by atoms with E-state index in [9.17, 15) is 9.90 Å². The molecule has 20 heavy (non-hydrogen) atoms. The molecule has 0 spiro atoms. The van der Waals surface area contributed by atoms with Crippen LogP contribution in [0.4, 0.5) is 0 Å². The smallest absolute Gasteiger partial charge is 0.256 e. The van der Waals surface area contributed by atoms with Gasteiger partial charge in [0, 0.05) is 22.5 Å². The molecule has 7 heteroatoms. The van der Waals surface area contributed by atoms with Crippen LogP contribution >= 0.6 is 34.5 Å². The van der Waals surface area contributed by atoms with Gasteiger partial charge < -0.3 is 10.0 Å². The van der Waals surface area contributed by atoms with Crippen LogP contribution in [0.3, 0.4) is 0 Å². The van der Waals surface area contributed by atoms with Gasteiger partial charge in [0.1, 0.15) is 0 Å². The second-order valence-electron chi connectivity index (χ2n) is 4.28. The summed E-state index contributed by atoms with van der Waals surface area (Å²) >= 11 is 13.2. The molecule has 0 aliphatic rings. The second-order valence-corrected chi connectivity index (χ2v) is 5.87. The number of aliphatic hydroxyl groups is 1. The van der Waals surface area contributed by atoms with Crippen LogP contribution in [0.2, 0.25) is 10.0 Å². The molecule has 2 rings (SSSR count). The number of hydrogen-bond acceptors (Lipinski definition) is 4. The Kier molecular flexibility index (Phi) is 4.99. The Morgan fingerprint density at radius 3 is 2.60 bits per heavy atom. The first-order chi connectivity index (χ1) is 9.47. The molecule has 1 N–H and O–H groups in total. The lowest BCUT2D eigenvalue weighted by atomic mass is 10.1. The summed E-state index contributed by atoms with van der Waals surface area (Å²) in [4.78, 5) is 17.7. The molecule has 106 valence electrons. The Morgan fingerprint density at radius 2 is 2.05 bits per heavy atom. The highest BCUT2D eigenvalue weighted by molar-refractivity contribution is 7.07. The molecule has 1 unspecified atom stereocenters. The average Bonchev–Trinajstić information content (AvgIpc) is 2.88. The number of aliphatic hydroxyl groups excluding tert-OH is 1. The van der Waals surface area contributed by atoms with Gasteiger partial charge in [0.05, 0.1) is 17.7 Å². The van der Waals surface area contributed by atoms with Gasteiger partial charge in [-0.2, -0.15) is 0 Å². The fourth-order valence-corrected chi connectivity index (χ4v) is 2.81. The van der Waals surface area contributed by atoms with Crippen LogP contribution in [0, 0.1) is 0 Å². The summed E-state index contributed by atoms with van der Waals surface area (Å²) in [5, 5.41) is 12.7. The number of carbonyl (C=O) groups is 1. The molecule has 1 heterocycles. The average molecular weight is 331 g/mol. The van der Waals surface area contributed by atoms with Crippen molar-refractivity contribution in [2.45, 2.75) is 12.6 Å². The summed E-state index contributed by atoms with van der Waals surface area (Å²) in [6.45, 7) is 0.341. The zero-order valence-electron chi connectivity index (χ0n) is 10.6. The summed E-state index contributed by atoms with van der Waals surface area (Å²) in [6, 6.07) is 4.59. The lowest BCUT2D eigenvalue weighted by Crippen LogP contribution is -2.31. The summed E-state index contributed by atoms with van der Waals surface area (Å²) < 4.78 is 0. The van der Waals surface area contributed by atoms with Crippen LogP contribution in [-0.2, 0) is 11.3 Å². The molecule has 2 aromatic rings. The Balaban J connectivity index is 2.11. The van der Waals surface area contributed by atoms with Crippen LogP contribution in [-0.4, -0.2) is 27.9 Å². The number of thiazole rings is 1. The maximum atomic E-state index is 12.2. The number of aromatic nitrogens is 1. The van der Waals surface area contributed by atoms with E-state index in [0.29, 0.717) is 22.2 Å². The number of hydrogen-bond donors (Lipinski definition) is 1. The molecule has 0 aliphatic carbocycles. The molecule has 0 radical (unpaired) electrons. The van der Waals surface area contributed by atoms with Crippen LogP contribution in [0.5, 0.6) is 0 Å². The van der Waals surface area contributed by atoms with Gasteiger partial charge in [-0.3, -0.25) is 4.79 Å². The highest BCUT2D eigenvalue weighted by Crippen LogP contribution is 2.24. The number of halogens is 2. The first-order valence-electron chi connectivity index (χ1n) is 5.73. The molecule has 0 aliphatic heterocycles. The number of benzene rings is 1. The molecule has 0 saturated carbocycles. The number of rotatable bonds is 4. The van der Waals surface area contributed by atoms with Crippen molar-refractivity contribution in [3.05, 3.63) is 50.4 Å². The summed E-state index contributed by atoms with van der Waals surface area (Å²) in [5.41, 5.74) is 2.85. The molecular weight excluding hydrogens is 319 g/mol. The van der Waals surface area contributed by atoms with Crippen molar-refractivity contribution in [2.24, 2.45) is 0 Å². The van der Waals surface area contributed by atoms with E-state index < -0.39 is 12.0 Å². The van der Waals surface area contributed by atoms with Crippen molar-refractivity contribution < 1.29 is 9.90 Å². The zero-order valence-corrected chi connectivity index (χ0v) is 12.9. The van der Waals surface area contributed by atoms with Gasteiger partial charge in [-0.05, 0) is 23.8 Å². The normalized spacial score (nSPS) is 12.2. The first-order valence-corrected chi connectivity index (χ1v) is 7.43. The second kappa shape index (κ2) is 6.54. The van der Waals surface area contributed by atoms with Crippen molar-refractivity contribution in [3.8, 4) is 0 Å². The van der Waals surface area contributed by atoms with E-state index in [-0.39, 0.29) is 0 Å². The predicted molar refractivity (Wildman–Crippen MR) is 80.0 cm³/mol. The van der Waals surface area contributed by atoms with Crippen LogP contribution in [0.25, 0.3) is 0 Å². The maximum absolute atomic E-state index is 12.2.